The first-order valence-corrected chi connectivity index (χ1v) is 11.0. The van der Waals surface area contributed by atoms with Crippen molar-refractivity contribution >= 4 is 17.7 Å². The predicted octanol–water partition coefficient (Wildman–Crippen LogP) is 2.94. The molecular formula is C25H28N6O2. The van der Waals surface area contributed by atoms with E-state index in [1.54, 1.807) is 38.4 Å². The number of carbonyl (C=O) groups excluding carboxylic acids is 1. The normalized spacial score (nSPS) is 21.5. The molecule has 4 heterocycles. The molecule has 1 N–H and O–H groups in total. The van der Waals surface area contributed by atoms with Gasteiger partial charge in [0.1, 0.15) is 5.66 Å². The first-order chi connectivity index (χ1) is 15.8. The van der Waals surface area contributed by atoms with E-state index in [2.05, 4.69) is 26.3 Å². The number of aromatic nitrogens is 2. The Morgan fingerprint density at radius 3 is 2.76 bits per heavy atom. The monoisotopic (exact) mass is 444 g/mol. The van der Waals surface area contributed by atoms with Crippen molar-refractivity contribution in [3.05, 3.63) is 65.4 Å². The van der Waals surface area contributed by atoms with Gasteiger partial charge in [0.05, 0.1) is 30.4 Å². The Kier molecular flexibility index (Phi) is 6.36. The van der Waals surface area contributed by atoms with Crippen LogP contribution in [0, 0.1) is 11.3 Å². The van der Waals surface area contributed by atoms with Crippen LogP contribution >= 0.6 is 0 Å². The van der Waals surface area contributed by atoms with Gasteiger partial charge in [0.25, 0.3) is 5.91 Å². The van der Waals surface area contributed by atoms with Gasteiger partial charge in [0, 0.05) is 55.6 Å². The zero-order valence-electron chi connectivity index (χ0n) is 19.2. The van der Waals surface area contributed by atoms with Gasteiger partial charge < -0.3 is 10.1 Å². The third-order valence-electron chi connectivity index (χ3n) is 6.21. The fraction of sp³-hybridized carbons (Fsp3) is 0.400. The number of morpholine rings is 1. The van der Waals surface area contributed by atoms with Crippen LogP contribution < -0.4 is 5.32 Å². The molecule has 0 aromatic carbocycles. The molecule has 0 saturated carbocycles. The number of allylic oxidation sites excluding steroid dienone is 1. The van der Waals surface area contributed by atoms with Crippen LogP contribution in [0.15, 0.2) is 53.5 Å². The Hall–Kier alpha value is -3.41. The highest BCUT2D eigenvalue weighted by Crippen LogP contribution is 2.34. The molecule has 8 heteroatoms. The van der Waals surface area contributed by atoms with Crippen LogP contribution in [0.5, 0.6) is 0 Å². The highest BCUT2D eigenvalue weighted by Gasteiger charge is 2.41. The minimum Gasteiger partial charge on any atom is -0.379 e. The van der Waals surface area contributed by atoms with Gasteiger partial charge in [-0.1, -0.05) is 6.07 Å². The molecule has 170 valence electrons. The zero-order valence-corrected chi connectivity index (χ0v) is 19.2. The van der Waals surface area contributed by atoms with Crippen molar-refractivity contribution in [1.29, 1.82) is 5.26 Å². The van der Waals surface area contributed by atoms with Gasteiger partial charge in [0.2, 0.25) is 0 Å². The lowest BCUT2D eigenvalue weighted by Crippen LogP contribution is -2.65. The van der Waals surface area contributed by atoms with Crippen LogP contribution in [-0.2, 0) is 10.2 Å². The molecule has 4 rings (SSSR count). The molecular weight excluding hydrogens is 416 g/mol. The average Bonchev–Trinajstić information content (AvgIpc) is 2.86. The number of aliphatic imine (C=N–C) groups is 1. The summed E-state index contributed by atoms with van der Waals surface area (Å²) in [4.78, 5) is 29.0. The number of hydrogen-bond acceptors (Lipinski definition) is 7. The van der Waals surface area contributed by atoms with E-state index in [-0.39, 0.29) is 5.91 Å². The van der Waals surface area contributed by atoms with Crippen LogP contribution in [0.3, 0.4) is 0 Å². The molecule has 0 spiro atoms. The number of nitrogens with one attached hydrogen (secondary N) is 1. The number of amides is 1. The van der Waals surface area contributed by atoms with Crippen molar-refractivity contribution in [2.75, 3.05) is 26.3 Å². The van der Waals surface area contributed by atoms with Crippen LogP contribution in [0.2, 0.25) is 0 Å². The second-order valence-corrected chi connectivity index (χ2v) is 8.88. The number of nitriles is 1. The summed E-state index contributed by atoms with van der Waals surface area (Å²) >= 11 is 0. The molecule has 0 radical (unpaired) electrons. The van der Waals surface area contributed by atoms with E-state index in [9.17, 15) is 10.1 Å². The topological polar surface area (TPSA) is 104 Å². The maximum Gasteiger partial charge on any atom is 0.253 e. The number of carbonyl (C=O) groups is 1. The van der Waals surface area contributed by atoms with Crippen LogP contribution in [0.4, 0.5) is 0 Å². The zero-order chi connectivity index (χ0) is 23.5. The summed E-state index contributed by atoms with van der Waals surface area (Å²) in [5.74, 6) is -0.240. The summed E-state index contributed by atoms with van der Waals surface area (Å²) in [5, 5.41) is 12.7. The third-order valence-corrected chi connectivity index (χ3v) is 6.21. The minimum atomic E-state index is -0.806. The number of pyridine rings is 2. The third kappa shape index (κ3) is 4.70. The average molecular weight is 445 g/mol. The molecule has 2 aliphatic heterocycles. The molecule has 1 unspecified atom stereocenters. The lowest BCUT2D eigenvalue weighted by molar-refractivity contribution is -0.00621. The first-order valence-electron chi connectivity index (χ1n) is 11.0. The summed E-state index contributed by atoms with van der Waals surface area (Å²) in [6, 6.07) is 9.51. The fourth-order valence-electron chi connectivity index (χ4n) is 4.13. The smallest absolute Gasteiger partial charge is 0.253 e. The number of nitrogens with zero attached hydrogens (tertiary/aromatic N) is 5. The molecule has 2 aromatic rings. The standard InChI is InChI=1S/C25H28N6O2/c1-18-21(20-5-4-7-27-15-20)14-25(17-29-18,31-9-11-33-12-10-31)30-23(32)19-6-8-28-22(13-19)24(2,3)16-26/h4-8,13,15,17H,9-12,14H2,1-3H3,(H,30,32). The molecule has 1 fully saturated rings. The number of hydrogen-bond donors (Lipinski definition) is 1. The van der Waals surface area contributed by atoms with Gasteiger partial charge in [-0.15, -0.1) is 0 Å². The maximum absolute atomic E-state index is 13.5. The van der Waals surface area contributed by atoms with E-state index in [4.69, 9.17) is 9.73 Å². The summed E-state index contributed by atoms with van der Waals surface area (Å²) in [6.45, 7) is 8.08. The Morgan fingerprint density at radius 1 is 1.27 bits per heavy atom. The fourth-order valence-corrected chi connectivity index (χ4v) is 4.13. The largest absolute Gasteiger partial charge is 0.379 e. The molecule has 2 aliphatic rings. The Bertz CT molecular complexity index is 1130. The molecule has 1 amide bonds. The van der Waals surface area contributed by atoms with Crippen LogP contribution in [-0.4, -0.2) is 59.0 Å². The van der Waals surface area contributed by atoms with E-state index >= 15 is 0 Å². The minimum absolute atomic E-state index is 0.240. The van der Waals surface area contributed by atoms with Crippen molar-refractivity contribution in [3.8, 4) is 6.07 Å². The number of ether oxygens (including phenoxy) is 1. The van der Waals surface area contributed by atoms with Crippen molar-refractivity contribution in [3.63, 3.8) is 0 Å². The summed E-state index contributed by atoms with van der Waals surface area (Å²) in [7, 11) is 0. The predicted molar refractivity (Wildman–Crippen MR) is 125 cm³/mol. The maximum atomic E-state index is 13.5. The quantitative estimate of drug-likeness (QED) is 0.761. The van der Waals surface area contributed by atoms with E-state index in [1.807, 2.05) is 31.5 Å². The molecule has 0 bridgehead atoms. The second-order valence-electron chi connectivity index (χ2n) is 8.88. The lowest BCUT2D eigenvalue weighted by atomic mass is 9.89. The van der Waals surface area contributed by atoms with E-state index in [0.717, 1.165) is 16.8 Å². The van der Waals surface area contributed by atoms with E-state index in [1.165, 1.54) is 0 Å². The van der Waals surface area contributed by atoms with Crippen molar-refractivity contribution in [1.82, 2.24) is 20.2 Å². The Balaban J connectivity index is 1.68. The van der Waals surface area contributed by atoms with Gasteiger partial charge in [0.15, 0.2) is 0 Å². The summed E-state index contributed by atoms with van der Waals surface area (Å²) < 4.78 is 5.56. The van der Waals surface area contributed by atoms with Gasteiger partial charge in [-0.3, -0.25) is 24.7 Å². The van der Waals surface area contributed by atoms with E-state index in [0.29, 0.717) is 44.0 Å². The highest BCUT2D eigenvalue weighted by atomic mass is 16.5. The Morgan fingerprint density at radius 2 is 2.06 bits per heavy atom. The first kappa shape index (κ1) is 22.8. The van der Waals surface area contributed by atoms with E-state index < -0.39 is 11.1 Å². The molecule has 2 aromatic heterocycles. The molecule has 8 nitrogen and oxygen atoms in total. The summed E-state index contributed by atoms with van der Waals surface area (Å²) in [6.07, 6.45) is 7.54. The van der Waals surface area contributed by atoms with Crippen LogP contribution in [0.1, 0.15) is 48.8 Å². The molecule has 0 aliphatic carbocycles. The summed E-state index contributed by atoms with van der Waals surface area (Å²) in [5.41, 5.74) is 2.35. The van der Waals surface area contributed by atoms with Crippen molar-refractivity contribution < 1.29 is 9.53 Å². The molecule has 1 atom stereocenters. The molecule has 1 saturated heterocycles. The van der Waals surface area contributed by atoms with Gasteiger partial charge >= 0.3 is 0 Å². The highest BCUT2D eigenvalue weighted by molar-refractivity contribution is 5.98. The van der Waals surface area contributed by atoms with Gasteiger partial charge in [-0.2, -0.15) is 5.26 Å². The van der Waals surface area contributed by atoms with Crippen LogP contribution in [0.25, 0.3) is 5.57 Å². The Labute approximate surface area is 194 Å². The second kappa shape index (κ2) is 9.22. The van der Waals surface area contributed by atoms with Gasteiger partial charge in [-0.25, -0.2) is 0 Å². The van der Waals surface area contributed by atoms with Gasteiger partial charge in [-0.05, 0) is 50.1 Å². The lowest BCUT2D eigenvalue weighted by Gasteiger charge is -2.45. The number of rotatable bonds is 5. The van der Waals surface area contributed by atoms with Crippen molar-refractivity contribution in [2.24, 2.45) is 4.99 Å². The van der Waals surface area contributed by atoms with Crippen molar-refractivity contribution in [2.45, 2.75) is 38.3 Å². The molecule has 33 heavy (non-hydrogen) atoms. The SMILES string of the molecule is CC1=C(c2cccnc2)CC(NC(=O)c2ccnc(C(C)(C)C#N)c2)(N2CCOCC2)C=N1.